The lowest BCUT2D eigenvalue weighted by molar-refractivity contribution is 0.104. The molecule has 1 heterocycles. The summed E-state index contributed by atoms with van der Waals surface area (Å²) in [7, 11) is 1.61. The predicted octanol–water partition coefficient (Wildman–Crippen LogP) is 7.13. The minimum Gasteiger partial charge on any atom is -0.493 e. The van der Waals surface area contributed by atoms with Crippen molar-refractivity contribution in [3.8, 4) is 11.5 Å². The summed E-state index contributed by atoms with van der Waals surface area (Å²) in [6.07, 6.45) is 1.89. The summed E-state index contributed by atoms with van der Waals surface area (Å²) >= 11 is 8.52. The smallest absolute Gasteiger partial charge is 0.200 e. The Bertz CT molecular complexity index is 1110. The SMILES string of the molecule is COc1cc(/C=C2\Sc3ccccc3C2=O)c(Br)cc1OCc1ccc(Br)cc1. The minimum absolute atomic E-state index is 0.0482. The molecule has 1 aliphatic heterocycles. The second-order valence-corrected chi connectivity index (χ2v) is 9.23. The number of allylic oxidation sites excluding steroid dienone is 1. The number of methoxy groups -OCH3 is 1. The molecule has 0 spiro atoms. The summed E-state index contributed by atoms with van der Waals surface area (Å²) in [6, 6.07) is 19.4. The summed E-state index contributed by atoms with van der Waals surface area (Å²) < 4.78 is 13.4. The van der Waals surface area contributed by atoms with Gasteiger partial charge in [-0.2, -0.15) is 0 Å². The first-order valence-corrected chi connectivity index (χ1v) is 11.2. The van der Waals surface area contributed by atoms with Crippen LogP contribution in [0.25, 0.3) is 6.08 Å². The van der Waals surface area contributed by atoms with Gasteiger partial charge in [0.15, 0.2) is 11.5 Å². The van der Waals surface area contributed by atoms with Crippen molar-refractivity contribution in [3.05, 3.63) is 91.2 Å². The molecule has 0 N–H and O–H groups in total. The second-order valence-electron chi connectivity index (χ2n) is 6.38. The zero-order chi connectivity index (χ0) is 20.4. The van der Waals surface area contributed by atoms with Crippen LogP contribution in [0.1, 0.15) is 21.5 Å². The van der Waals surface area contributed by atoms with Crippen molar-refractivity contribution in [1.29, 1.82) is 0 Å². The molecule has 0 aliphatic carbocycles. The van der Waals surface area contributed by atoms with Gasteiger partial charge in [0.2, 0.25) is 5.78 Å². The predicted molar refractivity (Wildman–Crippen MR) is 124 cm³/mol. The highest BCUT2D eigenvalue weighted by Gasteiger charge is 2.25. The fourth-order valence-electron chi connectivity index (χ4n) is 2.95. The van der Waals surface area contributed by atoms with Gasteiger partial charge < -0.3 is 9.47 Å². The largest absolute Gasteiger partial charge is 0.493 e. The van der Waals surface area contributed by atoms with E-state index in [9.17, 15) is 4.79 Å². The molecular weight excluding hydrogens is 516 g/mol. The highest BCUT2D eigenvalue weighted by Crippen LogP contribution is 2.42. The van der Waals surface area contributed by atoms with Crippen LogP contribution in [0.4, 0.5) is 0 Å². The minimum atomic E-state index is 0.0482. The van der Waals surface area contributed by atoms with Gasteiger partial charge in [-0.25, -0.2) is 0 Å². The fourth-order valence-corrected chi connectivity index (χ4v) is 4.70. The first-order chi connectivity index (χ1) is 14.0. The highest BCUT2D eigenvalue weighted by atomic mass is 79.9. The zero-order valence-corrected chi connectivity index (χ0v) is 19.4. The van der Waals surface area contributed by atoms with Crippen molar-refractivity contribution in [2.24, 2.45) is 0 Å². The summed E-state index contributed by atoms with van der Waals surface area (Å²) in [5, 5.41) is 0. The van der Waals surface area contributed by atoms with Gasteiger partial charge in [0.25, 0.3) is 0 Å². The van der Waals surface area contributed by atoms with Crippen molar-refractivity contribution in [2.75, 3.05) is 7.11 Å². The Labute approximate surface area is 190 Å². The number of halogens is 2. The molecule has 0 aromatic heterocycles. The Hall–Kier alpha value is -2.02. The molecule has 0 saturated heterocycles. The molecule has 1 aliphatic rings. The number of Topliss-reactive ketones (excluding diaryl/α,β-unsaturated/α-hetero) is 1. The van der Waals surface area contributed by atoms with Crippen molar-refractivity contribution in [2.45, 2.75) is 11.5 Å². The summed E-state index contributed by atoms with van der Waals surface area (Å²) in [6.45, 7) is 0.431. The molecular formula is C23H16Br2O3S. The number of fused-ring (bicyclic) bond motifs is 1. The van der Waals surface area contributed by atoms with Gasteiger partial charge in [0, 0.05) is 19.4 Å². The third-order valence-electron chi connectivity index (χ3n) is 4.45. The lowest BCUT2D eigenvalue weighted by Gasteiger charge is -2.13. The Kier molecular flexibility index (Phi) is 6.13. The maximum absolute atomic E-state index is 12.7. The number of carbonyl (C=O) groups is 1. The summed E-state index contributed by atoms with van der Waals surface area (Å²) in [5.74, 6) is 1.30. The molecule has 0 bridgehead atoms. The van der Waals surface area contributed by atoms with Gasteiger partial charge in [-0.1, -0.05) is 67.9 Å². The van der Waals surface area contributed by atoms with Crippen molar-refractivity contribution >= 4 is 55.5 Å². The van der Waals surface area contributed by atoms with Gasteiger partial charge in [-0.05, 0) is 53.6 Å². The topological polar surface area (TPSA) is 35.5 Å². The van der Waals surface area contributed by atoms with Gasteiger partial charge in [-0.15, -0.1) is 0 Å². The zero-order valence-electron chi connectivity index (χ0n) is 15.4. The van der Waals surface area contributed by atoms with E-state index in [4.69, 9.17) is 9.47 Å². The highest BCUT2D eigenvalue weighted by molar-refractivity contribution is 9.10. The molecule has 29 heavy (non-hydrogen) atoms. The standard InChI is InChI=1S/C23H16Br2O3S/c1-27-19-10-15(11-22-23(26)17-4-2-3-5-21(17)29-22)18(25)12-20(19)28-13-14-6-8-16(24)9-7-14/h2-12H,13H2,1H3/b22-11-. The molecule has 0 saturated carbocycles. The molecule has 3 aromatic carbocycles. The van der Waals surface area contributed by atoms with Crippen LogP contribution in [0, 0.1) is 0 Å². The third kappa shape index (κ3) is 4.44. The molecule has 0 atom stereocenters. The van der Waals surface area contributed by atoms with Gasteiger partial charge in [0.1, 0.15) is 6.61 Å². The van der Waals surface area contributed by atoms with E-state index >= 15 is 0 Å². The lowest BCUT2D eigenvalue weighted by Crippen LogP contribution is -1.99. The molecule has 6 heteroatoms. The van der Waals surface area contributed by atoms with Crippen molar-refractivity contribution in [1.82, 2.24) is 0 Å². The lowest BCUT2D eigenvalue weighted by atomic mass is 10.1. The molecule has 0 radical (unpaired) electrons. The molecule has 4 rings (SSSR count). The second kappa shape index (κ2) is 8.78. The van der Waals surface area contributed by atoms with Crippen LogP contribution in [0.5, 0.6) is 11.5 Å². The maximum Gasteiger partial charge on any atom is 0.200 e. The molecule has 3 aromatic rings. The third-order valence-corrected chi connectivity index (χ3v) is 6.77. The van der Waals surface area contributed by atoms with E-state index in [1.807, 2.05) is 66.7 Å². The van der Waals surface area contributed by atoms with Crippen LogP contribution in [-0.4, -0.2) is 12.9 Å². The van der Waals surface area contributed by atoms with E-state index in [2.05, 4.69) is 31.9 Å². The van der Waals surface area contributed by atoms with E-state index in [0.29, 0.717) is 23.0 Å². The number of ether oxygens (including phenoxy) is 2. The number of thioether (sulfide) groups is 1. The average molecular weight is 532 g/mol. The fraction of sp³-hybridized carbons (Fsp3) is 0.0870. The van der Waals surface area contributed by atoms with Crippen LogP contribution < -0.4 is 9.47 Å². The normalized spacial score (nSPS) is 14.2. The number of rotatable bonds is 5. The van der Waals surface area contributed by atoms with E-state index in [1.54, 1.807) is 7.11 Å². The van der Waals surface area contributed by atoms with E-state index in [-0.39, 0.29) is 5.78 Å². The number of hydrogen-bond donors (Lipinski definition) is 0. The van der Waals surface area contributed by atoms with E-state index < -0.39 is 0 Å². The molecule has 0 fully saturated rings. The number of hydrogen-bond acceptors (Lipinski definition) is 4. The van der Waals surface area contributed by atoms with Crippen LogP contribution in [0.2, 0.25) is 0 Å². The van der Waals surface area contributed by atoms with Gasteiger partial charge in [0.05, 0.1) is 12.0 Å². The van der Waals surface area contributed by atoms with E-state index in [1.165, 1.54) is 11.8 Å². The molecule has 3 nitrogen and oxygen atoms in total. The molecule has 0 amide bonds. The van der Waals surface area contributed by atoms with Crippen molar-refractivity contribution < 1.29 is 14.3 Å². The first-order valence-electron chi connectivity index (χ1n) is 8.83. The molecule has 146 valence electrons. The van der Waals surface area contributed by atoms with Gasteiger partial charge in [-0.3, -0.25) is 4.79 Å². The van der Waals surface area contributed by atoms with Crippen LogP contribution in [-0.2, 0) is 6.61 Å². The van der Waals surface area contributed by atoms with Crippen LogP contribution in [0.15, 0.2) is 79.4 Å². The summed E-state index contributed by atoms with van der Waals surface area (Å²) in [5.41, 5.74) is 2.67. The van der Waals surface area contributed by atoms with Crippen molar-refractivity contribution in [3.63, 3.8) is 0 Å². The van der Waals surface area contributed by atoms with Crippen LogP contribution in [0.3, 0.4) is 0 Å². The Morgan fingerprint density at radius 1 is 1.00 bits per heavy atom. The summed E-state index contributed by atoms with van der Waals surface area (Å²) in [4.78, 5) is 14.3. The number of ketones is 1. The Balaban J connectivity index is 1.58. The van der Waals surface area contributed by atoms with E-state index in [0.717, 1.165) is 30.5 Å². The maximum atomic E-state index is 12.7. The Morgan fingerprint density at radius 2 is 1.76 bits per heavy atom. The monoisotopic (exact) mass is 530 g/mol. The average Bonchev–Trinajstić information content (AvgIpc) is 3.05. The quantitative estimate of drug-likeness (QED) is 0.328. The Morgan fingerprint density at radius 3 is 2.48 bits per heavy atom. The number of benzene rings is 3. The van der Waals surface area contributed by atoms with Crippen LogP contribution >= 0.6 is 43.6 Å². The first kappa shape index (κ1) is 20.3. The molecule has 0 unspecified atom stereocenters. The number of carbonyl (C=O) groups excluding carboxylic acids is 1. The van der Waals surface area contributed by atoms with Gasteiger partial charge >= 0.3 is 0 Å².